The molecule has 1 amide bonds. The predicted octanol–water partition coefficient (Wildman–Crippen LogP) is 3.23. The first-order valence-corrected chi connectivity index (χ1v) is 10.0. The van der Waals surface area contributed by atoms with Crippen LogP contribution in [0.25, 0.3) is 0 Å². The lowest BCUT2D eigenvalue weighted by Gasteiger charge is -2.29. The van der Waals surface area contributed by atoms with Crippen molar-refractivity contribution < 1.29 is 9.21 Å². The molecular formula is C20H34N4O2. The van der Waals surface area contributed by atoms with Crippen LogP contribution in [0.1, 0.15) is 68.5 Å². The summed E-state index contributed by atoms with van der Waals surface area (Å²) in [6.45, 7) is 8.35. The molecule has 26 heavy (non-hydrogen) atoms. The first kappa shape index (κ1) is 20.3. The average molecular weight is 363 g/mol. The second-order valence-corrected chi connectivity index (χ2v) is 7.07. The molecule has 6 nitrogen and oxygen atoms in total. The van der Waals surface area contributed by atoms with Gasteiger partial charge in [0, 0.05) is 31.2 Å². The van der Waals surface area contributed by atoms with Crippen LogP contribution >= 0.6 is 0 Å². The van der Waals surface area contributed by atoms with Crippen LogP contribution in [0.5, 0.6) is 0 Å². The number of hydrogen-bond donors (Lipinski definition) is 3. The van der Waals surface area contributed by atoms with E-state index in [9.17, 15) is 4.79 Å². The smallest absolute Gasteiger partial charge is 0.287 e. The average Bonchev–Trinajstić information content (AvgIpc) is 3.08. The fourth-order valence-corrected chi connectivity index (χ4v) is 3.39. The Kier molecular flexibility index (Phi) is 8.51. The molecule has 146 valence electrons. The maximum atomic E-state index is 12.0. The molecule has 1 saturated carbocycles. The van der Waals surface area contributed by atoms with Crippen LogP contribution in [0.3, 0.4) is 0 Å². The minimum absolute atomic E-state index is 0.158. The Labute approximate surface area is 157 Å². The van der Waals surface area contributed by atoms with Crippen molar-refractivity contribution in [3.63, 3.8) is 0 Å². The van der Waals surface area contributed by atoms with E-state index in [1.807, 2.05) is 6.92 Å². The van der Waals surface area contributed by atoms with Crippen LogP contribution in [0.2, 0.25) is 0 Å². The van der Waals surface area contributed by atoms with Gasteiger partial charge in [-0.15, -0.1) is 0 Å². The third kappa shape index (κ3) is 6.39. The standard InChI is InChI=1S/C20H34N4O2/c1-4-16-7-9-17(10-8-16)24-20(21-5-2)23-13-6-12-22-19(25)18-15(3)11-14-26-18/h11,14,16-17H,4-10,12-13H2,1-3H3,(H,22,25)(H2,21,23,24). The molecule has 0 atom stereocenters. The Hall–Kier alpha value is -1.98. The Morgan fingerprint density at radius 3 is 2.62 bits per heavy atom. The molecule has 1 aliphatic rings. The fraction of sp³-hybridized carbons (Fsp3) is 0.700. The highest BCUT2D eigenvalue weighted by Crippen LogP contribution is 2.26. The van der Waals surface area contributed by atoms with E-state index in [2.05, 4.69) is 34.8 Å². The monoisotopic (exact) mass is 362 g/mol. The van der Waals surface area contributed by atoms with E-state index in [-0.39, 0.29) is 5.91 Å². The van der Waals surface area contributed by atoms with E-state index in [0.29, 0.717) is 24.9 Å². The van der Waals surface area contributed by atoms with Gasteiger partial charge in [0.05, 0.1) is 6.26 Å². The number of guanidine groups is 1. The van der Waals surface area contributed by atoms with Gasteiger partial charge in [-0.2, -0.15) is 0 Å². The zero-order chi connectivity index (χ0) is 18.8. The van der Waals surface area contributed by atoms with Crippen molar-refractivity contribution in [3.8, 4) is 0 Å². The molecule has 0 unspecified atom stereocenters. The van der Waals surface area contributed by atoms with Crippen LogP contribution in [-0.4, -0.2) is 37.5 Å². The van der Waals surface area contributed by atoms with Gasteiger partial charge in [-0.1, -0.05) is 13.3 Å². The maximum absolute atomic E-state index is 12.0. The molecule has 0 bridgehead atoms. The third-order valence-electron chi connectivity index (χ3n) is 5.07. The quantitative estimate of drug-likeness (QED) is 0.377. The summed E-state index contributed by atoms with van der Waals surface area (Å²) in [6.07, 6.45) is 8.70. The molecule has 6 heteroatoms. The molecule has 1 aliphatic carbocycles. The second kappa shape index (κ2) is 10.9. The summed E-state index contributed by atoms with van der Waals surface area (Å²) in [7, 11) is 0. The van der Waals surface area contributed by atoms with Gasteiger partial charge in [0.15, 0.2) is 11.7 Å². The topological polar surface area (TPSA) is 78.7 Å². The summed E-state index contributed by atoms with van der Waals surface area (Å²) in [5.74, 6) is 2.02. The van der Waals surface area contributed by atoms with Crippen LogP contribution < -0.4 is 16.0 Å². The molecule has 1 aromatic heterocycles. The summed E-state index contributed by atoms with van der Waals surface area (Å²) in [5.41, 5.74) is 0.858. The van der Waals surface area contributed by atoms with E-state index in [4.69, 9.17) is 4.42 Å². The number of hydrogen-bond acceptors (Lipinski definition) is 3. The van der Waals surface area contributed by atoms with Gasteiger partial charge in [-0.25, -0.2) is 0 Å². The van der Waals surface area contributed by atoms with Gasteiger partial charge in [-0.3, -0.25) is 9.79 Å². The molecule has 0 radical (unpaired) electrons. The summed E-state index contributed by atoms with van der Waals surface area (Å²) in [6, 6.07) is 2.32. The van der Waals surface area contributed by atoms with Gasteiger partial charge < -0.3 is 20.4 Å². The lowest BCUT2D eigenvalue weighted by atomic mass is 9.84. The molecule has 1 heterocycles. The Bertz CT molecular complexity index is 574. The molecule has 0 aromatic carbocycles. The molecule has 0 spiro atoms. The number of aryl methyl sites for hydroxylation is 1. The van der Waals surface area contributed by atoms with Crippen molar-refractivity contribution in [2.45, 2.75) is 65.3 Å². The van der Waals surface area contributed by atoms with E-state index >= 15 is 0 Å². The molecule has 0 saturated heterocycles. The van der Waals surface area contributed by atoms with Crippen molar-refractivity contribution >= 4 is 11.9 Å². The van der Waals surface area contributed by atoms with Crippen molar-refractivity contribution in [2.24, 2.45) is 10.9 Å². The lowest BCUT2D eigenvalue weighted by molar-refractivity contribution is 0.0925. The molecular weight excluding hydrogens is 328 g/mol. The predicted molar refractivity (Wildman–Crippen MR) is 106 cm³/mol. The minimum Gasteiger partial charge on any atom is -0.459 e. The Balaban J connectivity index is 1.69. The highest BCUT2D eigenvalue weighted by atomic mass is 16.3. The van der Waals surface area contributed by atoms with Gasteiger partial charge >= 0.3 is 0 Å². The number of nitrogens with zero attached hydrogens (tertiary/aromatic N) is 1. The van der Waals surface area contributed by atoms with E-state index in [1.54, 1.807) is 6.07 Å². The SMILES string of the molecule is CCNC(=NCCCNC(=O)c1occc1C)NC1CCC(CC)CC1. The van der Waals surface area contributed by atoms with E-state index in [0.717, 1.165) is 30.4 Å². The largest absolute Gasteiger partial charge is 0.459 e. The molecule has 3 N–H and O–H groups in total. The highest BCUT2D eigenvalue weighted by Gasteiger charge is 2.20. The van der Waals surface area contributed by atoms with Gasteiger partial charge in [0.25, 0.3) is 5.91 Å². The lowest BCUT2D eigenvalue weighted by Crippen LogP contribution is -2.45. The number of carbonyl (C=O) groups is 1. The van der Waals surface area contributed by atoms with Crippen LogP contribution in [0.15, 0.2) is 21.7 Å². The van der Waals surface area contributed by atoms with E-state index < -0.39 is 0 Å². The number of amides is 1. The van der Waals surface area contributed by atoms with Crippen LogP contribution in [0, 0.1) is 12.8 Å². The number of rotatable bonds is 8. The van der Waals surface area contributed by atoms with Crippen LogP contribution in [0.4, 0.5) is 0 Å². The minimum atomic E-state index is -0.158. The molecule has 1 fully saturated rings. The zero-order valence-electron chi connectivity index (χ0n) is 16.4. The first-order chi connectivity index (χ1) is 12.6. The Morgan fingerprint density at radius 2 is 2.00 bits per heavy atom. The number of nitrogens with one attached hydrogen (secondary N) is 3. The van der Waals surface area contributed by atoms with E-state index in [1.165, 1.54) is 38.4 Å². The van der Waals surface area contributed by atoms with Crippen molar-refractivity contribution in [1.29, 1.82) is 0 Å². The Morgan fingerprint density at radius 1 is 1.23 bits per heavy atom. The summed E-state index contributed by atoms with van der Waals surface area (Å²) >= 11 is 0. The van der Waals surface area contributed by atoms with Crippen molar-refractivity contribution in [2.75, 3.05) is 19.6 Å². The number of furan rings is 1. The number of aliphatic imine (C=N–C) groups is 1. The number of carbonyl (C=O) groups excluding carboxylic acids is 1. The molecule has 2 rings (SSSR count). The van der Waals surface area contributed by atoms with Crippen LogP contribution in [-0.2, 0) is 0 Å². The fourth-order valence-electron chi connectivity index (χ4n) is 3.39. The summed E-state index contributed by atoms with van der Waals surface area (Å²) in [4.78, 5) is 16.6. The normalized spacial score (nSPS) is 20.7. The highest BCUT2D eigenvalue weighted by molar-refractivity contribution is 5.92. The van der Waals surface area contributed by atoms with Crippen molar-refractivity contribution in [3.05, 3.63) is 23.7 Å². The summed E-state index contributed by atoms with van der Waals surface area (Å²) in [5, 5.41) is 9.77. The zero-order valence-corrected chi connectivity index (χ0v) is 16.4. The molecule has 1 aromatic rings. The third-order valence-corrected chi connectivity index (χ3v) is 5.07. The van der Waals surface area contributed by atoms with Gasteiger partial charge in [0.1, 0.15) is 0 Å². The summed E-state index contributed by atoms with van der Waals surface area (Å²) < 4.78 is 5.19. The van der Waals surface area contributed by atoms with Gasteiger partial charge in [0.2, 0.25) is 0 Å². The second-order valence-electron chi connectivity index (χ2n) is 7.07. The first-order valence-electron chi connectivity index (χ1n) is 10.0. The molecule has 0 aliphatic heterocycles. The maximum Gasteiger partial charge on any atom is 0.287 e. The van der Waals surface area contributed by atoms with Crippen molar-refractivity contribution in [1.82, 2.24) is 16.0 Å². The van der Waals surface area contributed by atoms with Gasteiger partial charge in [-0.05, 0) is 57.9 Å².